The fraction of sp³-hybridized carbons (Fsp3) is 0.100. The van der Waals surface area contributed by atoms with Crippen molar-refractivity contribution in [2.24, 2.45) is 5.73 Å². The van der Waals surface area contributed by atoms with Crippen LogP contribution in [0.4, 0.5) is 11.4 Å². The van der Waals surface area contributed by atoms with Crippen molar-refractivity contribution in [2.45, 2.75) is 6.92 Å². The molecular weight excluding hydrogens is 210 g/mol. The SMILES string of the molecule is [CH2]c1ccc(NC(N)=S)cc1NC(C)=O. The molecule has 0 aliphatic heterocycles. The van der Waals surface area contributed by atoms with Crippen LogP contribution in [0.15, 0.2) is 18.2 Å². The number of nitrogens with two attached hydrogens (primary N) is 1. The van der Waals surface area contributed by atoms with Gasteiger partial charge >= 0.3 is 0 Å². The minimum atomic E-state index is -0.146. The maximum atomic E-state index is 10.9. The van der Waals surface area contributed by atoms with Gasteiger partial charge in [0.15, 0.2) is 5.11 Å². The van der Waals surface area contributed by atoms with Crippen LogP contribution in [0.2, 0.25) is 0 Å². The smallest absolute Gasteiger partial charge is 0.221 e. The molecule has 1 aromatic rings. The van der Waals surface area contributed by atoms with E-state index < -0.39 is 0 Å². The summed E-state index contributed by atoms with van der Waals surface area (Å²) in [7, 11) is 0. The Bertz CT molecular complexity index is 404. The Morgan fingerprint density at radius 2 is 2.13 bits per heavy atom. The first-order valence-electron chi connectivity index (χ1n) is 4.29. The topological polar surface area (TPSA) is 67.2 Å². The Morgan fingerprint density at radius 1 is 1.47 bits per heavy atom. The third-order valence-electron chi connectivity index (χ3n) is 1.69. The first kappa shape index (κ1) is 11.5. The molecule has 0 bridgehead atoms. The van der Waals surface area contributed by atoms with Crippen LogP contribution in [0.1, 0.15) is 12.5 Å². The molecule has 79 valence electrons. The highest BCUT2D eigenvalue weighted by Gasteiger charge is 2.02. The van der Waals surface area contributed by atoms with Crippen molar-refractivity contribution in [2.75, 3.05) is 10.6 Å². The standard InChI is InChI=1S/C10H12N3OS/c1-6-3-4-8(13-10(11)15)5-9(6)12-7(2)14/h3-5H,1H2,2H3,(H,12,14)(H3,11,13,15). The van der Waals surface area contributed by atoms with Gasteiger partial charge in [0.2, 0.25) is 5.91 Å². The van der Waals surface area contributed by atoms with Crippen molar-refractivity contribution in [3.05, 3.63) is 30.7 Å². The molecule has 1 amide bonds. The molecule has 4 nitrogen and oxygen atoms in total. The predicted octanol–water partition coefficient (Wildman–Crippen LogP) is 1.48. The van der Waals surface area contributed by atoms with E-state index in [0.717, 1.165) is 11.3 Å². The summed E-state index contributed by atoms with van der Waals surface area (Å²) in [4.78, 5) is 10.9. The highest BCUT2D eigenvalue weighted by Crippen LogP contribution is 2.19. The monoisotopic (exact) mass is 222 g/mol. The third kappa shape index (κ3) is 3.55. The number of hydrogen-bond acceptors (Lipinski definition) is 2. The highest BCUT2D eigenvalue weighted by molar-refractivity contribution is 7.80. The zero-order valence-electron chi connectivity index (χ0n) is 8.33. The number of nitrogens with one attached hydrogen (secondary N) is 2. The normalized spacial score (nSPS) is 9.47. The molecule has 0 saturated carbocycles. The van der Waals surface area contributed by atoms with E-state index in [1.165, 1.54) is 6.92 Å². The summed E-state index contributed by atoms with van der Waals surface area (Å²) >= 11 is 4.71. The van der Waals surface area contributed by atoms with Crippen molar-refractivity contribution in [3.63, 3.8) is 0 Å². The first-order valence-corrected chi connectivity index (χ1v) is 4.70. The van der Waals surface area contributed by atoms with Gasteiger partial charge in [-0.2, -0.15) is 0 Å². The van der Waals surface area contributed by atoms with E-state index in [9.17, 15) is 4.79 Å². The van der Waals surface area contributed by atoms with Crippen LogP contribution in [0.5, 0.6) is 0 Å². The van der Waals surface area contributed by atoms with Crippen molar-refractivity contribution >= 4 is 34.6 Å². The molecule has 0 aliphatic rings. The van der Waals surface area contributed by atoms with E-state index in [2.05, 4.69) is 17.6 Å². The molecule has 0 spiro atoms. The second-order valence-electron chi connectivity index (χ2n) is 3.04. The van der Waals surface area contributed by atoms with Gasteiger partial charge < -0.3 is 16.4 Å². The van der Waals surface area contributed by atoms with Crippen LogP contribution >= 0.6 is 12.2 Å². The van der Waals surface area contributed by atoms with E-state index >= 15 is 0 Å². The summed E-state index contributed by atoms with van der Waals surface area (Å²) in [6, 6.07) is 5.28. The second-order valence-corrected chi connectivity index (χ2v) is 3.48. The minimum absolute atomic E-state index is 0.146. The number of thiocarbonyl (C=S) groups is 1. The maximum absolute atomic E-state index is 10.9. The average molecular weight is 222 g/mol. The Kier molecular flexibility index (Phi) is 3.62. The number of amides is 1. The molecule has 1 rings (SSSR count). The molecule has 0 atom stereocenters. The Labute approximate surface area is 93.9 Å². The largest absolute Gasteiger partial charge is 0.376 e. The van der Waals surface area contributed by atoms with Crippen LogP contribution in [-0.4, -0.2) is 11.0 Å². The third-order valence-corrected chi connectivity index (χ3v) is 1.79. The molecule has 0 heterocycles. The number of benzene rings is 1. The van der Waals surface area contributed by atoms with Gasteiger partial charge in [-0.25, -0.2) is 0 Å². The van der Waals surface area contributed by atoms with Gasteiger partial charge in [0.1, 0.15) is 0 Å². The second kappa shape index (κ2) is 4.75. The van der Waals surface area contributed by atoms with Crippen molar-refractivity contribution in [1.82, 2.24) is 0 Å². The lowest BCUT2D eigenvalue weighted by atomic mass is 10.2. The molecule has 4 N–H and O–H groups in total. The van der Waals surface area contributed by atoms with Gasteiger partial charge in [-0.15, -0.1) is 0 Å². The van der Waals surface area contributed by atoms with E-state index in [4.69, 9.17) is 18.0 Å². The summed E-state index contributed by atoms with van der Waals surface area (Å²) in [6.45, 7) is 5.22. The Hall–Kier alpha value is -1.62. The fourth-order valence-corrected chi connectivity index (χ4v) is 1.22. The molecule has 5 heteroatoms. The molecule has 0 aromatic heterocycles. The molecule has 0 saturated heterocycles. The number of anilines is 2. The van der Waals surface area contributed by atoms with Gasteiger partial charge in [-0.1, -0.05) is 6.07 Å². The first-order chi connectivity index (χ1) is 6.99. The maximum Gasteiger partial charge on any atom is 0.221 e. The summed E-state index contributed by atoms with van der Waals surface area (Å²) in [5, 5.41) is 5.62. The summed E-state index contributed by atoms with van der Waals surface area (Å²) < 4.78 is 0. The molecule has 0 fully saturated rings. The predicted molar refractivity (Wildman–Crippen MR) is 65.6 cm³/mol. The zero-order chi connectivity index (χ0) is 11.4. The summed E-state index contributed by atoms with van der Waals surface area (Å²) in [6.07, 6.45) is 0. The number of hydrogen-bond donors (Lipinski definition) is 3. The van der Waals surface area contributed by atoms with E-state index in [1.54, 1.807) is 18.2 Å². The Morgan fingerprint density at radius 3 is 2.67 bits per heavy atom. The summed E-state index contributed by atoms with van der Waals surface area (Å²) in [5.74, 6) is -0.146. The molecule has 1 radical (unpaired) electrons. The number of rotatable bonds is 2. The van der Waals surface area contributed by atoms with Crippen LogP contribution < -0.4 is 16.4 Å². The number of carbonyl (C=O) groups excluding carboxylic acids is 1. The van der Waals surface area contributed by atoms with Crippen molar-refractivity contribution in [3.8, 4) is 0 Å². The minimum Gasteiger partial charge on any atom is -0.376 e. The number of carbonyl (C=O) groups is 1. The van der Waals surface area contributed by atoms with Crippen molar-refractivity contribution in [1.29, 1.82) is 0 Å². The van der Waals surface area contributed by atoms with Gasteiger partial charge in [-0.05, 0) is 36.8 Å². The molecule has 0 aliphatic carbocycles. The van der Waals surface area contributed by atoms with Gasteiger partial charge in [0, 0.05) is 18.3 Å². The highest BCUT2D eigenvalue weighted by atomic mass is 32.1. The molecule has 1 aromatic carbocycles. The fourth-order valence-electron chi connectivity index (χ4n) is 1.10. The quantitative estimate of drug-likeness (QED) is 0.663. The Balaban J connectivity index is 2.94. The molecular formula is C10H12N3OS. The van der Waals surface area contributed by atoms with E-state index in [1.807, 2.05) is 0 Å². The van der Waals surface area contributed by atoms with Gasteiger partial charge in [0.05, 0.1) is 0 Å². The van der Waals surface area contributed by atoms with Crippen LogP contribution in [-0.2, 0) is 4.79 Å². The van der Waals surface area contributed by atoms with Crippen LogP contribution in [0.3, 0.4) is 0 Å². The summed E-state index contributed by atoms with van der Waals surface area (Å²) in [5.41, 5.74) is 7.43. The van der Waals surface area contributed by atoms with Gasteiger partial charge in [-0.3, -0.25) is 4.79 Å². The van der Waals surface area contributed by atoms with E-state index in [-0.39, 0.29) is 11.0 Å². The van der Waals surface area contributed by atoms with Crippen LogP contribution in [0.25, 0.3) is 0 Å². The molecule has 15 heavy (non-hydrogen) atoms. The average Bonchev–Trinajstić information content (AvgIpc) is 2.09. The van der Waals surface area contributed by atoms with Crippen molar-refractivity contribution < 1.29 is 4.79 Å². The lowest BCUT2D eigenvalue weighted by molar-refractivity contribution is -0.114. The lowest BCUT2D eigenvalue weighted by Crippen LogP contribution is -2.19. The van der Waals surface area contributed by atoms with Crippen LogP contribution in [0, 0.1) is 6.92 Å². The zero-order valence-corrected chi connectivity index (χ0v) is 9.15. The van der Waals surface area contributed by atoms with Gasteiger partial charge in [0.25, 0.3) is 0 Å². The molecule has 0 unspecified atom stereocenters. The lowest BCUT2D eigenvalue weighted by Gasteiger charge is -2.09. The van der Waals surface area contributed by atoms with E-state index in [0.29, 0.717) is 5.69 Å².